The summed E-state index contributed by atoms with van der Waals surface area (Å²) in [4.78, 5) is 43.6. The minimum atomic E-state index is -0.776. The van der Waals surface area contributed by atoms with E-state index in [1.165, 1.54) is 17.6 Å². The van der Waals surface area contributed by atoms with Crippen LogP contribution in [0.2, 0.25) is 0 Å². The molecular weight excluding hydrogens is 340 g/mol. The zero-order chi connectivity index (χ0) is 17.6. The third-order valence-corrected chi connectivity index (χ3v) is 4.99. The van der Waals surface area contributed by atoms with Gasteiger partial charge < -0.3 is 10.2 Å². The molecule has 0 radical (unpaired) electrons. The SMILES string of the molecule is O=C(NCCN1CCN(C(=O)C2C=CC=NC2=O)CC1)c1ccsc1. The molecule has 1 N–H and O–H groups in total. The molecule has 2 aliphatic rings. The molecule has 3 heterocycles. The van der Waals surface area contributed by atoms with E-state index in [1.807, 2.05) is 10.8 Å². The number of rotatable bonds is 5. The average molecular weight is 360 g/mol. The number of thiophene rings is 1. The van der Waals surface area contributed by atoms with Crippen LogP contribution in [0.5, 0.6) is 0 Å². The first-order valence-corrected chi connectivity index (χ1v) is 9.15. The number of dihydropyridines is 1. The second-order valence-corrected chi connectivity index (χ2v) is 6.69. The molecule has 0 aromatic carbocycles. The summed E-state index contributed by atoms with van der Waals surface area (Å²) < 4.78 is 0. The van der Waals surface area contributed by atoms with Crippen LogP contribution in [0.3, 0.4) is 0 Å². The number of nitrogens with one attached hydrogen (secondary N) is 1. The Morgan fingerprint density at radius 3 is 2.76 bits per heavy atom. The normalized spacial score (nSPS) is 20.7. The number of nitrogens with zero attached hydrogens (tertiary/aromatic N) is 3. The van der Waals surface area contributed by atoms with Crippen molar-refractivity contribution in [1.29, 1.82) is 0 Å². The fraction of sp³-hybridized carbons (Fsp3) is 0.412. The molecule has 1 aromatic heterocycles. The minimum absolute atomic E-state index is 0.0572. The summed E-state index contributed by atoms with van der Waals surface area (Å²) in [5.74, 6) is -1.41. The van der Waals surface area contributed by atoms with E-state index in [0.717, 1.165) is 19.6 Å². The molecule has 0 aliphatic carbocycles. The van der Waals surface area contributed by atoms with Gasteiger partial charge in [-0.15, -0.1) is 0 Å². The summed E-state index contributed by atoms with van der Waals surface area (Å²) in [6, 6.07) is 1.80. The van der Waals surface area contributed by atoms with Crippen LogP contribution in [0.1, 0.15) is 10.4 Å². The number of carbonyl (C=O) groups is 3. The maximum Gasteiger partial charge on any atom is 0.262 e. The van der Waals surface area contributed by atoms with E-state index in [2.05, 4.69) is 15.2 Å². The van der Waals surface area contributed by atoms with Crippen molar-refractivity contribution < 1.29 is 14.4 Å². The third-order valence-electron chi connectivity index (χ3n) is 4.30. The fourth-order valence-corrected chi connectivity index (χ4v) is 3.48. The maximum absolute atomic E-state index is 12.4. The number of allylic oxidation sites excluding steroid dienone is 1. The number of carbonyl (C=O) groups excluding carboxylic acids is 3. The van der Waals surface area contributed by atoms with Crippen LogP contribution in [0.4, 0.5) is 0 Å². The first kappa shape index (κ1) is 17.5. The van der Waals surface area contributed by atoms with Gasteiger partial charge in [-0.05, 0) is 17.5 Å². The minimum Gasteiger partial charge on any atom is -0.351 e. The van der Waals surface area contributed by atoms with Crippen LogP contribution in [0.25, 0.3) is 0 Å². The highest BCUT2D eigenvalue weighted by Crippen LogP contribution is 2.13. The van der Waals surface area contributed by atoms with Crippen molar-refractivity contribution >= 4 is 35.3 Å². The third kappa shape index (κ3) is 4.40. The Morgan fingerprint density at radius 2 is 2.08 bits per heavy atom. The zero-order valence-corrected chi connectivity index (χ0v) is 14.6. The zero-order valence-electron chi connectivity index (χ0n) is 13.8. The standard InChI is InChI=1S/C17H20N4O3S/c22-15(13-3-11-25-12-13)19-5-6-20-7-9-21(10-8-20)17(24)14-2-1-4-18-16(14)23/h1-4,11-12,14H,5-10H2,(H,19,22). The molecular formula is C17H20N4O3S. The molecule has 0 saturated carbocycles. The number of hydrogen-bond acceptors (Lipinski definition) is 5. The van der Waals surface area contributed by atoms with E-state index in [0.29, 0.717) is 25.2 Å². The summed E-state index contributed by atoms with van der Waals surface area (Å²) in [6.07, 6.45) is 4.65. The Hall–Kier alpha value is -2.32. The van der Waals surface area contributed by atoms with E-state index >= 15 is 0 Å². The Bertz CT molecular complexity index is 691. The summed E-state index contributed by atoms with van der Waals surface area (Å²) in [7, 11) is 0. The molecule has 3 rings (SSSR count). The van der Waals surface area contributed by atoms with Gasteiger partial charge in [0, 0.05) is 56.4 Å². The quantitative estimate of drug-likeness (QED) is 0.771. The molecule has 25 heavy (non-hydrogen) atoms. The van der Waals surface area contributed by atoms with Crippen molar-refractivity contribution in [3.63, 3.8) is 0 Å². The lowest BCUT2D eigenvalue weighted by atomic mass is 10.0. The summed E-state index contributed by atoms with van der Waals surface area (Å²) in [6.45, 7) is 3.94. The van der Waals surface area contributed by atoms with Crippen molar-refractivity contribution in [2.45, 2.75) is 0 Å². The first-order valence-electron chi connectivity index (χ1n) is 8.21. The molecule has 1 aromatic rings. The number of piperazine rings is 1. The van der Waals surface area contributed by atoms with Crippen LogP contribution >= 0.6 is 11.3 Å². The second kappa shape index (κ2) is 8.17. The number of hydrogen-bond donors (Lipinski definition) is 1. The number of amides is 3. The van der Waals surface area contributed by atoms with Crippen molar-refractivity contribution in [2.24, 2.45) is 10.9 Å². The molecule has 2 aliphatic heterocycles. The lowest BCUT2D eigenvalue weighted by Gasteiger charge is -2.35. The molecule has 7 nitrogen and oxygen atoms in total. The van der Waals surface area contributed by atoms with E-state index in [-0.39, 0.29) is 11.8 Å². The van der Waals surface area contributed by atoms with Gasteiger partial charge in [-0.25, -0.2) is 4.99 Å². The van der Waals surface area contributed by atoms with Gasteiger partial charge in [0.15, 0.2) is 0 Å². The van der Waals surface area contributed by atoms with Crippen molar-refractivity contribution in [3.8, 4) is 0 Å². The molecule has 1 unspecified atom stereocenters. The summed E-state index contributed by atoms with van der Waals surface area (Å²) in [5, 5.41) is 6.60. The Kier molecular flexibility index (Phi) is 5.72. The smallest absolute Gasteiger partial charge is 0.262 e. The largest absolute Gasteiger partial charge is 0.351 e. The second-order valence-electron chi connectivity index (χ2n) is 5.91. The van der Waals surface area contributed by atoms with Crippen molar-refractivity contribution in [1.82, 2.24) is 15.1 Å². The molecule has 0 bridgehead atoms. The molecule has 3 amide bonds. The summed E-state index contributed by atoms with van der Waals surface area (Å²) >= 11 is 1.50. The van der Waals surface area contributed by atoms with E-state index in [9.17, 15) is 14.4 Å². The van der Waals surface area contributed by atoms with Crippen LogP contribution in [-0.4, -0.2) is 73.0 Å². The topological polar surface area (TPSA) is 82.1 Å². The summed E-state index contributed by atoms with van der Waals surface area (Å²) in [5.41, 5.74) is 0.688. The predicted molar refractivity (Wildman–Crippen MR) is 95.8 cm³/mol. The van der Waals surface area contributed by atoms with Gasteiger partial charge in [0.2, 0.25) is 5.91 Å². The van der Waals surface area contributed by atoms with Gasteiger partial charge in [0.25, 0.3) is 11.8 Å². The molecule has 1 fully saturated rings. The molecule has 1 saturated heterocycles. The Balaban J connectivity index is 1.39. The molecule has 0 spiro atoms. The first-order chi connectivity index (χ1) is 12.1. The average Bonchev–Trinajstić information content (AvgIpc) is 3.17. The highest BCUT2D eigenvalue weighted by atomic mass is 32.1. The van der Waals surface area contributed by atoms with Gasteiger partial charge in [0.1, 0.15) is 5.92 Å². The van der Waals surface area contributed by atoms with Gasteiger partial charge >= 0.3 is 0 Å². The predicted octanol–water partition coefficient (Wildman–Crippen LogP) is 0.406. The Labute approximate surface area is 150 Å². The molecule has 8 heteroatoms. The van der Waals surface area contributed by atoms with Crippen molar-refractivity contribution in [3.05, 3.63) is 34.5 Å². The lowest BCUT2D eigenvalue weighted by Crippen LogP contribution is -2.52. The van der Waals surface area contributed by atoms with E-state index < -0.39 is 11.8 Å². The van der Waals surface area contributed by atoms with Gasteiger partial charge in [-0.2, -0.15) is 11.3 Å². The van der Waals surface area contributed by atoms with E-state index in [4.69, 9.17) is 0 Å². The Morgan fingerprint density at radius 1 is 1.28 bits per heavy atom. The van der Waals surface area contributed by atoms with Crippen LogP contribution in [0, 0.1) is 5.92 Å². The fourth-order valence-electron chi connectivity index (χ4n) is 2.84. The van der Waals surface area contributed by atoms with Gasteiger partial charge in [0.05, 0.1) is 0 Å². The molecule has 132 valence electrons. The van der Waals surface area contributed by atoms with Gasteiger partial charge in [-0.3, -0.25) is 19.3 Å². The van der Waals surface area contributed by atoms with Crippen molar-refractivity contribution in [2.75, 3.05) is 39.3 Å². The monoisotopic (exact) mass is 360 g/mol. The molecule has 1 atom stereocenters. The van der Waals surface area contributed by atoms with Crippen LogP contribution in [-0.2, 0) is 9.59 Å². The van der Waals surface area contributed by atoms with Crippen LogP contribution < -0.4 is 5.32 Å². The number of aliphatic imine (C=N–C) groups is 1. The van der Waals surface area contributed by atoms with Gasteiger partial charge in [-0.1, -0.05) is 6.08 Å². The highest BCUT2D eigenvalue weighted by molar-refractivity contribution is 7.08. The maximum atomic E-state index is 12.4. The van der Waals surface area contributed by atoms with E-state index in [1.54, 1.807) is 23.1 Å². The van der Waals surface area contributed by atoms with Crippen LogP contribution in [0.15, 0.2) is 34.0 Å². The highest BCUT2D eigenvalue weighted by Gasteiger charge is 2.31. The lowest BCUT2D eigenvalue weighted by molar-refractivity contribution is -0.140.